The monoisotopic (exact) mass is 398 g/mol. The zero-order valence-corrected chi connectivity index (χ0v) is 15.7. The smallest absolute Gasteiger partial charge is 0.303 e. The van der Waals surface area contributed by atoms with Crippen LogP contribution in [0.25, 0.3) is 0 Å². The first-order chi connectivity index (χ1) is 14.0. The summed E-state index contributed by atoms with van der Waals surface area (Å²) >= 11 is 0. The van der Waals surface area contributed by atoms with E-state index in [-0.39, 0.29) is 24.7 Å². The maximum absolute atomic E-state index is 12.2. The van der Waals surface area contributed by atoms with Crippen LogP contribution < -0.4 is 20.1 Å². The lowest BCUT2D eigenvalue weighted by Crippen LogP contribution is -2.40. The Hall–Kier alpha value is -3.55. The first-order valence-corrected chi connectivity index (χ1v) is 9.28. The average molecular weight is 398 g/mol. The number of aliphatic carboxylic acids is 1. The fourth-order valence-corrected chi connectivity index (χ4v) is 2.79. The highest BCUT2D eigenvalue weighted by Gasteiger charge is 2.29. The van der Waals surface area contributed by atoms with E-state index in [1.165, 1.54) is 0 Å². The first kappa shape index (κ1) is 20.2. The summed E-state index contributed by atoms with van der Waals surface area (Å²) in [6.07, 6.45) is -0.441. The fourth-order valence-electron chi connectivity index (χ4n) is 2.79. The van der Waals surface area contributed by atoms with Gasteiger partial charge in [0.25, 0.3) is 5.91 Å². The summed E-state index contributed by atoms with van der Waals surface area (Å²) in [5, 5.41) is 14.1. The molecule has 8 nitrogen and oxygen atoms in total. The van der Waals surface area contributed by atoms with Crippen molar-refractivity contribution in [2.24, 2.45) is 0 Å². The zero-order chi connectivity index (χ0) is 20.6. The number of benzene rings is 2. The molecule has 0 aromatic heterocycles. The normalized spacial score (nSPS) is 14.9. The van der Waals surface area contributed by atoms with Crippen LogP contribution in [-0.4, -0.2) is 35.6 Å². The Morgan fingerprint density at radius 1 is 1.14 bits per heavy atom. The summed E-state index contributed by atoms with van der Waals surface area (Å²) in [5.74, 6) is -0.304. The highest BCUT2D eigenvalue weighted by atomic mass is 16.5. The predicted molar refractivity (Wildman–Crippen MR) is 105 cm³/mol. The molecule has 0 saturated heterocycles. The molecule has 2 aromatic rings. The van der Waals surface area contributed by atoms with Gasteiger partial charge in [0.05, 0.1) is 18.7 Å². The number of carbonyl (C=O) groups is 3. The van der Waals surface area contributed by atoms with Crippen LogP contribution in [0.4, 0.5) is 5.69 Å². The van der Waals surface area contributed by atoms with Gasteiger partial charge in [0.2, 0.25) is 5.91 Å². The number of ether oxygens (including phenoxy) is 2. The maximum Gasteiger partial charge on any atom is 0.303 e. The number of rotatable bonds is 9. The molecule has 152 valence electrons. The molecule has 0 saturated carbocycles. The van der Waals surface area contributed by atoms with E-state index in [2.05, 4.69) is 10.6 Å². The van der Waals surface area contributed by atoms with Crippen molar-refractivity contribution in [1.29, 1.82) is 0 Å². The number of para-hydroxylation sites is 2. The van der Waals surface area contributed by atoms with Crippen molar-refractivity contribution < 1.29 is 29.0 Å². The number of fused-ring (bicyclic) bond motifs is 1. The molecule has 0 fully saturated rings. The number of anilines is 1. The van der Waals surface area contributed by atoms with Crippen molar-refractivity contribution in [2.45, 2.75) is 31.9 Å². The Labute approximate surface area is 167 Å². The van der Waals surface area contributed by atoms with E-state index in [1.807, 2.05) is 12.1 Å². The topological polar surface area (TPSA) is 114 Å². The molecule has 0 aliphatic carbocycles. The van der Waals surface area contributed by atoms with E-state index < -0.39 is 12.1 Å². The second-order valence-electron chi connectivity index (χ2n) is 6.56. The number of hydrogen-bond acceptors (Lipinski definition) is 5. The van der Waals surface area contributed by atoms with Gasteiger partial charge in [0.1, 0.15) is 11.5 Å². The number of carboxylic acids is 1. The van der Waals surface area contributed by atoms with E-state index in [4.69, 9.17) is 14.6 Å². The molecule has 2 amide bonds. The molecule has 3 rings (SSSR count). The quantitative estimate of drug-likeness (QED) is 0.559. The third kappa shape index (κ3) is 5.97. The van der Waals surface area contributed by atoms with Crippen LogP contribution in [0.1, 0.15) is 24.8 Å². The summed E-state index contributed by atoms with van der Waals surface area (Å²) in [4.78, 5) is 34.7. The predicted octanol–water partition coefficient (Wildman–Crippen LogP) is 2.34. The molecule has 29 heavy (non-hydrogen) atoms. The third-order valence-electron chi connectivity index (χ3n) is 4.29. The van der Waals surface area contributed by atoms with Gasteiger partial charge in [0.15, 0.2) is 6.10 Å². The molecule has 1 aliphatic heterocycles. The molecule has 2 aromatic carbocycles. The van der Waals surface area contributed by atoms with E-state index in [9.17, 15) is 14.4 Å². The van der Waals surface area contributed by atoms with Crippen LogP contribution in [0.2, 0.25) is 0 Å². The van der Waals surface area contributed by atoms with Gasteiger partial charge in [-0.3, -0.25) is 14.4 Å². The van der Waals surface area contributed by atoms with Gasteiger partial charge in [-0.2, -0.15) is 0 Å². The van der Waals surface area contributed by atoms with E-state index >= 15 is 0 Å². The molecule has 8 heteroatoms. The van der Waals surface area contributed by atoms with Crippen LogP contribution in [0, 0.1) is 0 Å². The molecular weight excluding hydrogens is 376 g/mol. The average Bonchev–Trinajstić information content (AvgIpc) is 2.71. The first-order valence-electron chi connectivity index (χ1n) is 9.28. The summed E-state index contributed by atoms with van der Waals surface area (Å²) in [6, 6.07) is 14.2. The van der Waals surface area contributed by atoms with Crippen molar-refractivity contribution in [3.63, 3.8) is 0 Å². The molecule has 0 radical (unpaired) electrons. The highest BCUT2D eigenvalue weighted by Crippen LogP contribution is 2.29. The molecule has 1 unspecified atom stereocenters. The Kier molecular flexibility index (Phi) is 6.67. The lowest BCUT2D eigenvalue weighted by atomic mass is 10.1. The zero-order valence-electron chi connectivity index (χ0n) is 15.7. The van der Waals surface area contributed by atoms with Gasteiger partial charge in [-0.05, 0) is 36.2 Å². The van der Waals surface area contributed by atoms with Gasteiger partial charge < -0.3 is 25.2 Å². The lowest BCUT2D eigenvalue weighted by molar-refractivity contribution is -0.137. The van der Waals surface area contributed by atoms with Crippen LogP contribution in [0.5, 0.6) is 11.5 Å². The summed E-state index contributed by atoms with van der Waals surface area (Å²) in [5.41, 5.74) is 1.47. The SMILES string of the molecule is O=C(O)CCCOc1ccc(CNC(=O)CC2Oc3ccccc3NC2=O)cc1. The van der Waals surface area contributed by atoms with Crippen LogP contribution >= 0.6 is 0 Å². The third-order valence-corrected chi connectivity index (χ3v) is 4.29. The molecule has 3 N–H and O–H groups in total. The summed E-state index contributed by atoms with van der Waals surface area (Å²) < 4.78 is 11.1. The molecule has 0 bridgehead atoms. The fraction of sp³-hybridized carbons (Fsp3) is 0.286. The largest absolute Gasteiger partial charge is 0.494 e. The van der Waals surface area contributed by atoms with Crippen LogP contribution in [0.3, 0.4) is 0 Å². The Bertz CT molecular complexity index is 881. The van der Waals surface area contributed by atoms with Crippen molar-refractivity contribution >= 4 is 23.5 Å². The van der Waals surface area contributed by atoms with E-state index in [0.717, 1.165) is 5.56 Å². The van der Waals surface area contributed by atoms with Crippen molar-refractivity contribution in [3.05, 3.63) is 54.1 Å². The second-order valence-corrected chi connectivity index (χ2v) is 6.56. The van der Waals surface area contributed by atoms with Crippen LogP contribution in [-0.2, 0) is 20.9 Å². The minimum atomic E-state index is -0.869. The number of amides is 2. The van der Waals surface area contributed by atoms with Crippen LogP contribution in [0.15, 0.2) is 48.5 Å². The summed E-state index contributed by atoms with van der Waals surface area (Å²) in [7, 11) is 0. The van der Waals surface area contributed by atoms with Gasteiger partial charge in [-0.25, -0.2) is 0 Å². The van der Waals surface area contributed by atoms with E-state index in [0.29, 0.717) is 36.8 Å². The minimum Gasteiger partial charge on any atom is -0.494 e. The number of nitrogens with one attached hydrogen (secondary N) is 2. The second kappa shape index (κ2) is 9.59. The van der Waals surface area contributed by atoms with Gasteiger partial charge in [-0.1, -0.05) is 24.3 Å². The molecule has 1 aliphatic rings. The van der Waals surface area contributed by atoms with Gasteiger partial charge in [0, 0.05) is 13.0 Å². The number of hydrogen-bond donors (Lipinski definition) is 3. The lowest BCUT2D eigenvalue weighted by Gasteiger charge is -2.25. The molecule has 0 spiro atoms. The number of carbonyl (C=O) groups excluding carboxylic acids is 2. The Morgan fingerprint density at radius 2 is 1.90 bits per heavy atom. The standard InChI is InChI=1S/C21H22N2O6/c24-19(12-18-21(27)23-16-4-1-2-5-17(16)29-18)22-13-14-7-9-15(10-8-14)28-11-3-6-20(25)26/h1-2,4-5,7-10,18H,3,6,11-13H2,(H,22,24)(H,23,27)(H,25,26). The molecule has 1 atom stereocenters. The van der Waals surface area contributed by atoms with Crippen molar-refractivity contribution in [3.8, 4) is 11.5 Å². The van der Waals surface area contributed by atoms with E-state index in [1.54, 1.807) is 36.4 Å². The molecule has 1 heterocycles. The Balaban J connectivity index is 1.42. The summed E-state index contributed by atoms with van der Waals surface area (Å²) in [6.45, 7) is 0.637. The minimum absolute atomic E-state index is 0.0679. The highest BCUT2D eigenvalue weighted by molar-refractivity contribution is 5.99. The van der Waals surface area contributed by atoms with Crippen molar-refractivity contribution in [1.82, 2.24) is 5.32 Å². The number of carboxylic acid groups (broad SMARTS) is 1. The van der Waals surface area contributed by atoms with Gasteiger partial charge in [-0.15, -0.1) is 0 Å². The Morgan fingerprint density at radius 3 is 2.66 bits per heavy atom. The van der Waals surface area contributed by atoms with Crippen molar-refractivity contribution in [2.75, 3.05) is 11.9 Å². The van der Waals surface area contributed by atoms with Gasteiger partial charge >= 0.3 is 5.97 Å². The maximum atomic E-state index is 12.2. The molecular formula is C21H22N2O6.